The lowest BCUT2D eigenvalue weighted by atomic mass is 9.99. The molecule has 0 fully saturated rings. The molecule has 0 saturated carbocycles. The van der Waals surface area contributed by atoms with Crippen LogP contribution in [0.1, 0.15) is 16.7 Å². The molecule has 0 bridgehead atoms. The number of aliphatic carboxylic acids is 1. The van der Waals surface area contributed by atoms with Crippen molar-refractivity contribution in [3.8, 4) is 17.0 Å². The highest BCUT2D eigenvalue weighted by Gasteiger charge is 2.15. The average molecular weight is 272 g/mol. The SMILES string of the molecule is COc1cc(C)c(C)cc1-c1ncncc1CC(=O)O. The summed E-state index contributed by atoms with van der Waals surface area (Å²) in [4.78, 5) is 19.1. The molecule has 5 heteroatoms. The minimum Gasteiger partial charge on any atom is -0.496 e. The van der Waals surface area contributed by atoms with Crippen LogP contribution in [0.2, 0.25) is 0 Å². The molecule has 0 atom stereocenters. The summed E-state index contributed by atoms with van der Waals surface area (Å²) in [7, 11) is 1.59. The van der Waals surface area contributed by atoms with Gasteiger partial charge < -0.3 is 9.84 Å². The van der Waals surface area contributed by atoms with Crippen LogP contribution in [0.4, 0.5) is 0 Å². The quantitative estimate of drug-likeness (QED) is 0.925. The number of methoxy groups -OCH3 is 1. The summed E-state index contributed by atoms with van der Waals surface area (Å²) in [5.74, 6) is -0.234. The number of carboxylic acids is 1. The highest BCUT2D eigenvalue weighted by molar-refractivity contribution is 5.77. The molecular formula is C15H16N2O3. The predicted octanol–water partition coefficient (Wildman–Crippen LogP) is 2.40. The van der Waals surface area contributed by atoms with E-state index in [1.807, 2.05) is 26.0 Å². The standard InChI is InChI=1S/C15H16N2O3/c1-9-4-12(13(20-3)5-10(9)2)15-11(6-14(18)19)7-16-8-17-15/h4-5,7-8H,6H2,1-3H3,(H,18,19). The Balaban J connectivity index is 2.62. The van der Waals surface area contributed by atoms with E-state index in [2.05, 4.69) is 9.97 Å². The lowest BCUT2D eigenvalue weighted by Gasteiger charge is -2.13. The van der Waals surface area contributed by atoms with Crippen molar-refractivity contribution >= 4 is 5.97 Å². The van der Waals surface area contributed by atoms with Crippen LogP contribution >= 0.6 is 0 Å². The molecule has 0 saturated heterocycles. The summed E-state index contributed by atoms with van der Waals surface area (Å²) in [5.41, 5.74) is 4.17. The number of benzene rings is 1. The molecule has 5 nitrogen and oxygen atoms in total. The first kappa shape index (κ1) is 14.0. The molecule has 2 aromatic rings. The molecule has 0 aliphatic heterocycles. The van der Waals surface area contributed by atoms with Crippen molar-refractivity contribution in [3.63, 3.8) is 0 Å². The Hall–Kier alpha value is -2.43. The predicted molar refractivity (Wildman–Crippen MR) is 74.8 cm³/mol. The summed E-state index contributed by atoms with van der Waals surface area (Å²) in [6, 6.07) is 3.89. The molecule has 1 heterocycles. The Morgan fingerprint density at radius 2 is 2.00 bits per heavy atom. The van der Waals surface area contributed by atoms with E-state index >= 15 is 0 Å². The minimum absolute atomic E-state index is 0.119. The molecule has 0 aliphatic rings. The second-order valence-corrected chi connectivity index (χ2v) is 4.60. The van der Waals surface area contributed by atoms with Crippen molar-refractivity contribution in [2.24, 2.45) is 0 Å². The van der Waals surface area contributed by atoms with Crippen LogP contribution in [0.3, 0.4) is 0 Å². The zero-order valence-corrected chi connectivity index (χ0v) is 11.7. The van der Waals surface area contributed by atoms with Gasteiger partial charge in [-0.2, -0.15) is 0 Å². The van der Waals surface area contributed by atoms with Crippen molar-refractivity contribution in [2.45, 2.75) is 20.3 Å². The van der Waals surface area contributed by atoms with Gasteiger partial charge in [0.2, 0.25) is 0 Å². The number of ether oxygens (including phenoxy) is 1. The van der Waals surface area contributed by atoms with Crippen LogP contribution < -0.4 is 4.74 Å². The van der Waals surface area contributed by atoms with Crippen LogP contribution in [0, 0.1) is 13.8 Å². The van der Waals surface area contributed by atoms with Gasteiger partial charge in [-0.1, -0.05) is 0 Å². The summed E-state index contributed by atoms with van der Waals surface area (Å²) in [5, 5.41) is 8.98. The molecule has 0 radical (unpaired) electrons. The number of hydrogen-bond donors (Lipinski definition) is 1. The van der Waals surface area contributed by atoms with Crippen molar-refractivity contribution in [1.82, 2.24) is 9.97 Å². The van der Waals surface area contributed by atoms with Gasteiger partial charge in [0.1, 0.15) is 12.1 Å². The van der Waals surface area contributed by atoms with Crippen molar-refractivity contribution in [3.05, 3.63) is 41.3 Å². The summed E-state index contributed by atoms with van der Waals surface area (Å²) in [6.07, 6.45) is 2.83. The van der Waals surface area contributed by atoms with E-state index in [1.165, 1.54) is 12.5 Å². The van der Waals surface area contributed by atoms with Crippen LogP contribution in [0.25, 0.3) is 11.3 Å². The summed E-state index contributed by atoms with van der Waals surface area (Å²) in [6.45, 7) is 4.00. The first-order chi connectivity index (χ1) is 9.52. The zero-order valence-electron chi connectivity index (χ0n) is 11.7. The number of nitrogens with zero attached hydrogens (tertiary/aromatic N) is 2. The second kappa shape index (κ2) is 5.69. The van der Waals surface area contributed by atoms with Gasteiger partial charge in [-0.15, -0.1) is 0 Å². The third-order valence-corrected chi connectivity index (χ3v) is 3.20. The van der Waals surface area contributed by atoms with Crippen LogP contribution in [0.15, 0.2) is 24.7 Å². The number of hydrogen-bond acceptors (Lipinski definition) is 4. The molecule has 1 N–H and O–H groups in total. The number of carboxylic acid groups (broad SMARTS) is 1. The smallest absolute Gasteiger partial charge is 0.307 e. The van der Waals surface area contributed by atoms with Crippen molar-refractivity contribution < 1.29 is 14.6 Å². The van der Waals surface area contributed by atoms with Gasteiger partial charge in [0.15, 0.2) is 0 Å². The van der Waals surface area contributed by atoms with Crippen LogP contribution in [0.5, 0.6) is 5.75 Å². The lowest BCUT2D eigenvalue weighted by Crippen LogP contribution is -2.04. The van der Waals surface area contributed by atoms with Gasteiger partial charge in [-0.3, -0.25) is 4.79 Å². The number of carbonyl (C=O) groups is 1. The van der Waals surface area contributed by atoms with Gasteiger partial charge in [0.25, 0.3) is 0 Å². The fraction of sp³-hybridized carbons (Fsp3) is 0.267. The van der Waals surface area contributed by atoms with Crippen molar-refractivity contribution in [1.29, 1.82) is 0 Å². The van der Waals surface area contributed by atoms with Gasteiger partial charge in [-0.05, 0) is 37.1 Å². The fourth-order valence-corrected chi connectivity index (χ4v) is 2.04. The van der Waals surface area contributed by atoms with E-state index in [9.17, 15) is 4.79 Å². The minimum atomic E-state index is -0.913. The maximum Gasteiger partial charge on any atom is 0.307 e. The van der Waals surface area contributed by atoms with E-state index < -0.39 is 5.97 Å². The molecule has 0 spiro atoms. The fourth-order valence-electron chi connectivity index (χ4n) is 2.04. The Morgan fingerprint density at radius 3 is 2.65 bits per heavy atom. The van der Waals surface area contributed by atoms with Crippen LogP contribution in [-0.2, 0) is 11.2 Å². The third-order valence-electron chi connectivity index (χ3n) is 3.20. The van der Waals surface area contributed by atoms with Gasteiger partial charge >= 0.3 is 5.97 Å². The molecule has 2 rings (SSSR count). The van der Waals surface area contributed by atoms with Gasteiger partial charge in [0.05, 0.1) is 19.2 Å². The second-order valence-electron chi connectivity index (χ2n) is 4.60. The van der Waals surface area contributed by atoms with Crippen molar-refractivity contribution in [2.75, 3.05) is 7.11 Å². The molecular weight excluding hydrogens is 256 g/mol. The summed E-state index contributed by atoms with van der Waals surface area (Å²) < 4.78 is 5.39. The molecule has 1 aromatic heterocycles. The van der Waals surface area contributed by atoms with E-state index in [0.29, 0.717) is 17.0 Å². The Kier molecular flexibility index (Phi) is 3.98. The lowest BCUT2D eigenvalue weighted by molar-refractivity contribution is -0.136. The molecule has 104 valence electrons. The molecule has 1 aromatic carbocycles. The molecule has 0 unspecified atom stereocenters. The maximum atomic E-state index is 10.9. The van der Waals surface area contributed by atoms with Gasteiger partial charge in [-0.25, -0.2) is 9.97 Å². The average Bonchev–Trinajstić information content (AvgIpc) is 2.41. The zero-order chi connectivity index (χ0) is 14.7. The monoisotopic (exact) mass is 272 g/mol. The molecule has 0 aliphatic carbocycles. The van der Waals surface area contributed by atoms with E-state index in [0.717, 1.165) is 16.7 Å². The first-order valence-electron chi connectivity index (χ1n) is 6.19. The topological polar surface area (TPSA) is 72.3 Å². The normalized spacial score (nSPS) is 10.3. The summed E-state index contributed by atoms with van der Waals surface area (Å²) >= 11 is 0. The van der Waals surface area contributed by atoms with E-state index in [4.69, 9.17) is 9.84 Å². The third kappa shape index (κ3) is 2.77. The maximum absolute atomic E-state index is 10.9. The highest BCUT2D eigenvalue weighted by Crippen LogP contribution is 2.33. The highest BCUT2D eigenvalue weighted by atomic mass is 16.5. The molecule has 0 amide bonds. The van der Waals surface area contributed by atoms with E-state index in [1.54, 1.807) is 7.11 Å². The van der Waals surface area contributed by atoms with Gasteiger partial charge in [0, 0.05) is 17.3 Å². The largest absolute Gasteiger partial charge is 0.496 e. The Morgan fingerprint density at radius 1 is 1.30 bits per heavy atom. The number of aryl methyl sites for hydroxylation is 2. The first-order valence-corrected chi connectivity index (χ1v) is 6.19. The number of rotatable bonds is 4. The number of aromatic nitrogens is 2. The Bertz CT molecular complexity index is 654. The molecule has 20 heavy (non-hydrogen) atoms. The van der Waals surface area contributed by atoms with Crippen LogP contribution in [-0.4, -0.2) is 28.2 Å². The Labute approximate surface area is 117 Å². The van der Waals surface area contributed by atoms with E-state index in [-0.39, 0.29) is 6.42 Å².